The third-order valence-corrected chi connectivity index (χ3v) is 2.45. The van der Waals surface area contributed by atoms with Gasteiger partial charge in [-0.1, -0.05) is 0 Å². The van der Waals surface area contributed by atoms with Crippen molar-refractivity contribution in [1.82, 2.24) is 0 Å². The summed E-state index contributed by atoms with van der Waals surface area (Å²) < 4.78 is 21.0. The van der Waals surface area contributed by atoms with E-state index in [1.807, 2.05) is 0 Å². The van der Waals surface area contributed by atoms with E-state index in [1.54, 1.807) is 25.3 Å². The Labute approximate surface area is 113 Å². The molecule has 0 heterocycles. The summed E-state index contributed by atoms with van der Waals surface area (Å²) in [5.74, 6) is 1.15. The van der Waals surface area contributed by atoms with E-state index in [1.165, 1.54) is 7.11 Å². The Hall–Kier alpha value is -1.59. The fraction of sp³-hybridized carbons (Fsp3) is 0.500. The number of hydrogen-bond acceptors (Lipinski definition) is 5. The van der Waals surface area contributed by atoms with Crippen molar-refractivity contribution in [3.63, 3.8) is 0 Å². The van der Waals surface area contributed by atoms with Gasteiger partial charge in [-0.2, -0.15) is 0 Å². The zero-order valence-corrected chi connectivity index (χ0v) is 11.4. The van der Waals surface area contributed by atoms with Gasteiger partial charge in [-0.3, -0.25) is 4.79 Å². The molecule has 0 saturated carbocycles. The van der Waals surface area contributed by atoms with E-state index in [4.69, 9.17) is 18.9 Å². The first-order chi connectivity index (χ1) is 9.31. The molecule has 1 rings (SSSR count). The van der Waals surface area contributed by atoms with Crippen LogP contribution in [0.25, 0.3) is 0 Å². The third kappa shape index (κ3) is 5.72. The summed E-state index contributed by atoms with van der Waals surface area (Å²) in [7, 11) is 3.20. The predicted octanol–water partition coefficient (Wildman–Crippen LogP) is 1.94. The molecule has 0 N–H and O–H groups in total. The van der Waals surface area contributed by atoms with Crippen LogP contribution in [0.4, 0.5) is 0 Å². The van der Waals surface area contributed by atoms with Crippen LogP contribution < -0.4 is 9.47 Å². The van der Waals surface area contributed by atoms with Crippen molar-refractivity contribution >= 4 is 6.29 Å². The molecule has 0 aromatic heterocycles. The van der Waals surface area contributed by atoms with Crippen molar-refractivity contribution in [1.29, 1.82) is 0 Å². The van der Waals surface area contributed by atoms with Crippen LogP contribution >= 0.6 is 0 Å². The highest BCUT2D eigenvalue weighted by Gasteiger charge is 2.05. The van der Waals surface area contributed by atoms with Gasteiger partial charge < -0.3 is 18.9 Å². The van der Waals surface area contributed by atoms with Gasteiger partial charge in [0.15, 0.2) is 11.5 Å². The van der Waals surface area contributed by atoms with Crippen LogP contribution in [0, 0.1) is 0 Å². The van der Waals surface area contributed by atoms with Crippen molar-refractivity contribution in [2.24, 2.45) is 0 Å². The summed E-state index contributed by atoms with van der Waals surface area (Å²) in [6.07, 6.45) is 1.64. The van der Waals surface area contributed by atoms with Gasteiger partial charge >= 0.3 is 0 Å². The first-order valence-electron chi connectivity index (χ1n) is 6.14. The van der Waals surface area contributed by atoms with Crippen molar-refractivity contribution in [2.75, 3.05) is 40.6 Å². The summed E-state index contributed by atoms with van der Waals surface area (Å²) >= 11 is 0. The van der Waals surface area contributed by atoms with Gasteiger partial charge in [0.1, 0.15) is 12.9 Å². The Morgan fingerprint density at radius 2 is 1.89 bits per heavy atom. The number of aldehydes is 1. The smallest absolute Gasteiger partial charge is 0.161 e. The summed E-state index contributed by atoms with van der Waals surface area (Å²) in [5.41, 5.74) is 0.556. The Morgan fingerprint density at radius 3 is 2.58 bits per heavy atom. The molecule has 0 saturated heterocycles. The van der Waals surface area contributed by atoms with Gasteiger partial charge in [-0.15, -0.1) is 0 Å². The minimum Gasteiger partial charge on any atom is -0.493 e. The number of rotatable bonds is 10. The molecular formula is C14H20O5. The molecule has 0 atom stereocenters. The van der Waals surface area contributed by atoms with Crippen LogP contribution in [-0.2, 0) is 9.47 Å². The van der Waals surface area contributed by atoms with Gasteiger partial charge in [0.2, 0.25) is 0 Å². The maximum Gasteiger partial charge on any atom is 0.161 e. The van der Waals surface area contributed by atoms with Gasteiger partial charge in [0.25, 0.3) is 0 Å². The summed E-state index contributed by atoms with van der Waals surface area (Å²) in [6, 6.07) is 5.04. The maximum absolute atomic E-state index is 10.6. The molecule has 0 spiro atoms. The first kappa shape index (κ1) is 15.5. The Kier molecular flexibility index (Phi) is 7.62. The molecule has 1 aromatic carbocycles. The lowest BCUT2D eigenvalue weighted by atomic mass is 10.2. The topological polar surface area (TPSA) is 54.0 Å². The van der Waals surface area contributed by atoms with E-state index in [9.17, 15) is 4.79 Å². The number of benzene rings is 1. The molecule has 5 nitrogen and oxygen atoms in total. The molecule has 1 aromatic rings. The van der Waals surface area contributed by atoms with Gasteiger partial charge in [0.05, 0.1) is 13.7 Å². The summed E-state index contributed by atoms with van der Waals surface area (Å²) in [4.78, 5) is 10.6. The van der Waals surface area contributed by atoms with E-state index in [0.717, 1.165) is 12.7 Å². The fourth-order valence-corrected chi connectivity index (χ4v) is 1.49. The van der Waals surface area contributed by atoms with Crippen LogP contribution in [0.5, 0.6) is 11.5 Å². The fourth-order valence-electron chi connectivity index (χ4n) is 1.49. The molecule has 5 heteroatoms. The molecule has 106 valence electrons. The van der Waals surface area contributed by atoms with Gasteiger partial charge in [-0.05, 0) is 24.6 Å². The monoisotopic (exact) mass is 268 g/mol. The first-order valence-corrected chi connectivity index (χ1v) is 6.14. The molecule has 0 bridgehead atoms. The highest BCUT2D eigenvalue weighted by atomic mass is 16.5. The zero-order valence-electron chi connectivity index (χ0n) is 11.4. The second-order valence-corrected chi connectivity index (χ2v) is 3.84. The van der Waals surface area contributed by atoms with E-state index in [0.29, 0.717) is 43.5 Å². The van der Waals surface area contributed by atoms with Crippen LogP contribution in [0.3, 0.4) is 0 Å². The highest BCUT2D eigenvalue weighted by molar-refractivity contribution is 5.76. The van der Waals surface area contributed by atoms with E-state index >= 15 is 0 Å². The quantitative estimate of drug-likeness (QED) is 0.479. The number of carbonyl (C=O) groups excluding carboxylic acids is 1. The summed E-state index contributed by atoms with van der Waals surface area (Å²) in [5, 5.41) is 0. The van der Waals surface area contributed by atoms with Crippen molar-refractivity contribution < 1.29 is 23.7 Å². The van der Waals surface area contributed by atoms with Crippen molar-refractivity contribution in [2.45, 2.75) is 6.42 Å². The average Bonchev–Trinajstić information content (AvgIpc) is 2.46. The van der Waals surface area contributed by atoms with Crippen LogP contribution in [-0.4, -0.2) is 46.9 Å². The highest BCUT2D eigenvalue weighted by Crippen LogP contribution is 2.27. The minimum atomic E-state index is 0.434. The maximum atomic E-state index is 10.6. The number of hydrogen-bond donors (Lipinski definition) is 0. The lowest BCUT2D eigenvalue weighted by Gasteiger charge is -2.11. The second-order valence-electron chi connectivity index (χ2n) is 3.84. The largest absolute Gasteiger partial charge is 0.493 e. The molecular weight excluding hydrogens is 248 g/mol. The van der Waals surface area contributed by atoms with Gasteiger partial charge in [0, 0.05) is 25.9 Å². The molecule has 0 aliphatic rings. The molecule has 0 aliphatic carbocycles. The van der Waals surface area contributed by atoms with Gasteiger partial charge in [-0.25, -0.2) is 0 Å². The number of carbonyl (C=O) groups is 1. The standard InChI is InChI=1S/C14H20O5/c1-16-6-3-7-18-8-9-19-13-5-4-12(11-15)10-14(13)17-2/h4-5,10-11H,3,6-9H2,1-2H3. The lowest BCUT2D eigenvalue weighted by Crippen LogP contribution is -2.09. The van der Waals surface area contributed by atoms with E-state index < -0.39 is 0 Å². The molecule has 0 unspecified atom stereocenters. The molecule has 0 amide bonds. The lowest BCUT2D eigenvalue weighted by molar-refractivity contribution is 0.0799. The molecule has 0 radical (unpaired) electrons. The third-order valence-electron chi connectivity index (χ3n) is 2.45. The van der Waals surface area contributed by atoms with Crippen molar-refractivity contribution in [3.8, 4) is 11.5 Å². The molecule has 0 aliphatic heterocycles. The Morgan fingerprint density at radius 1 is 1.05 bits per heavy atom. The Bertz CT molecular complexity index is 378. The summed E-state index contributed by atoms with van der Waals surface area (Å²) in [6.45, 7) is 2.28. The molecule has 19 heavy (non-hydrogen) atoms. The van der Waals surface area contributed by atoms with Crippen molar-refractivity contribution in [3.05, 3.63) is 23.8 Å². The normalized spacial score (nSPS) is 10.2. The van der Waals surface area contributed by atoms with Crippen LogP contribution in [0.15, 0.2) is 18.2 Å². The van der Waals surface area contributed by atoms with E-state index in [-0.39, 0.29) is 0 Å². The minimum absolute atomic E-state index is 0.434. The number of ether oxygens (including phenoxy) is 4. The van der Waals surface area contributed by atoms with E-state index in [2.05, 4.69) is 0 Å². The molecule has 0 fully saturated rings. The predicted molar refractivity (Wildman–Crippen MR) is 71.2 cm³/mol. The average molecular weight is 268 g/mol. The van der Waals surface area contributed by atoms with Crippen LogP contribution in [0.2, 0.25) is 0 Å². The number of methoxy groups -OCH3 is 2. The SMILES string of the molecule is COCCCOCCOc1ccc(C=O)cc1OC. The zero-order chi connectivity index (χ0) is 13.9. The Balaban J connectivity index is 2.30. The van der Waals surface area contributed by atoms with Crippen LogP contribution in [0.1, 0.15) is 16.8 Å². The second kappa shape index (κ2) is 9.35.